The highest BCUT2D eigenvalue weighted by Crippen LogP contribution is 2.29. The maximum Gasteiger partial charge on any atom is 0.124 e. The molecule has 2 N–H and O–H groups in total. The Morgan fingerprint density at radius 2 is 2.25 bits per heavy atom. The molecule has 0 bridgehead atoms. The van der Waals surface area contributed by atoms with E-state index >= 15 is 0 Å². The molecule has 5 nitrogen and oxygen atoms in total. The highest BCUT2D eigenvalue weighted by molar-refractivity contribution is 5.41. The van der Waals surface area contributed by atoms with Gasteiger partial charge in [-0.15, -0.1) is 0 Å². The highest BCUT2D eigenvalue weighted by atomic mass is 16.5. The van der Waals surface area contributed by atoms with E-state index in [4.69, 9.17) is 14.2 Å². The molecule has 1 aromatic carbocycles. The number of hydrogen-bond donors (Lipinski definition) is 2. The monoisotopic (exact) mass is 281 g/mol. The molecule has 1 fully saturated rings. The van der Waals surface area contributed by atoms with Gasteiger partial charge >= 0.3 is 0 Å². The summed E-state index contributed by atoms with van der Waals surface area (Å²) in [4.78, 5) is 0. The van der Waals surface area contributed by atoms with Crippen molar-refractivity contribution >= 4 is 0 Å². The molecule has 0 amide bonds. The van der Waals surface area contributed by atoms with Crippen LogP contribution in [-0.4, -0.2) is 45.1 Å². The zero-order chi connectivity index (χ0) is 14.4. The number of hydrogen-bond acceptors (Lipinski definition) is 5. The first-order valence-corrected chi connectivity index (χ1v) is 6.95. The van der Waals surface area contributed by atoms with Crippen LogP contribution in [0.15, 0.2) is 18.2 Å². The molecular weight excluding hydrogens is 258 g/mol. The van der Waals surface area contributed by atoms with E-state index in [-0.39, 0.29) is 0 Å². The highest BCUT2D eigenvalue weighted by Gasteiger charge is 2.18. The fraction of sp³-hybridized carbons (Fsp3) is 0.600. The van der Waals surface area contributed by atoms with Crippen LogP contribution in [0.4, 0.5) is 0 Å². The van der Waals surface area contributed by atoms with Crippen LogP contribution in [0.2, 0.25) is 0 Å². The second kappa shape index (κ2) is 7.47. The molecule has 2 unspecified atom stereocenters. The summed E-state index contributed by atoms with van der Waals surface area (Å²) in [6.07, 6.45) is 1.51. The first kappa shape index (κ1) is 15.1. The Labute approximate surface area is 119 Å². The third-order valence-electron chi connectivity index (χ3n) is 3.56. The van der Waals surface area contributed by atoms with Gasteiger partial charge in [0, 0.05) is 24.8 Å². The second-order valence-electron chi connectivity index (χ2n) is 4.95. The molecule has 20 heavy (non-hydrogen) atoms. The molecule has 1 saturated heterocycles. The van der Waals surface area contributed by atoms with Crippen molar-refractivity contribution in [3.05, 3.63) is 23.8 Å². The number of rotatable bonds is 6. The van der Waals surface area contributed by atoms with Crippen molar-refractivity contribution in [2.45, 2.75) is 25.0 Å². The summed E-state index contributed by atoms with van der Waals surface area (Å²) in [5, 5.41) is 13.7. The van der Waals surface area contributed by atoms with Crippen LogP contribution in [-0.2, 0) is 4.74 Å². The van der Waals surface area contributed by atoms with Gasteiger partial charge in [-0.2, -0.15) is 0 Å². The lowest BCUT2D eigenvalue weighted by Crippen LogP contribution is -2.39. The Morgan fingerprint density at radius 3 is 2.90 bits per heavy atom. The van der Waals surface area contributed by atoms with E-state index in [2.05, 4.69) is 5.32 Å². The van der Waals surface area contributed by atoms with E-state index < -0.39 is 6.10 Å². The Hall–Kier alpha value is -1.30. The average Bonchev–Trinajstić information content (AvgIpc) is 2.52. The number of aliphatic hydroxyl groups is 1. The molecule has 0 saturated carbocycles. The van der Waals surface area contributed by atoms with Crippen molar-refractivity contribution in [2.75, 3.05) is 34.0 Å². The molecule has 1 aliphatic rings. The standard InChI is InChI=1S/C15H23NO4/c1-18-12-5-6-15(19-2)13(8-12)14(17)9-16-11-4-3-7-20-10-11/h5-6,8,11,14,16-17H,3-4,7,9-10H2,1-2H3. The van der Waals surface area contributed by atoms with Gasteiger partial charge in [0.15, 0.2) is 0 Å². The van der Waals surface area contributed by atoms with E-state index in [0.717, 1.165) is 25.0 Å². The summed E-state index contributed by atoms with van der Waals surface area (Å²) >= 11 is 0. The predicted octanol–water partition coefficient (Wildman–Crippen LogP) is 1.51. The molecule has 5 heteroatoms. The van der Waals surface area contributed by atoms with Gasteiger partial charge < -0.3 is 24.6 Å². The molecule has 2 atom stereocenters. The maximum atomic E-state index is 10.3. The fourth-order valence-electron chi connectivity index (χ4n) is 2.39. The van der Waals surface area contributed by atoms with Crippen LogP contribution in [0.1, 0.15) is 24.5 Å². The van der Waals surface area contributed by atoms with Gasteiger partial charge in [0.1, 0.15) is 11.5 Å². The van der Waals surface area contributed by atoms with Gasteiger partial charge in [-0.1, -0.05) is 0 Å². The number of methoxy groups -OCH3 is 2. The zero-order valence-corrected chi connectivity index (χ0v) is 12.1. The normalized spacial score (nSPS) is 20.4. The smallest absolute Gasteiger partial charge is 0.124 e. The van der Waals surface area contributed by atoms with Gasteiger partial charge in [0.25, 0.3) is 0 Å². The summed E-state index contributed by atoms with van der Waals surface area (Å²) in [6, 6.07) is 5.75. The summed E-state index contributed by atoms with van der Waals surface area (Å²) < 4.78 is 15.9. The first-order chi connectivity index (χ1) is 9.74. The van der Waals surface area contributed by atoms with Gasteiger partial charge in [-0.05, 0) is 31.0 Å². The molecule has 112 valence electrons. The van der Waals surface area contributed by atoms with E-state index in [9.17, 15) is 5.11 Å². The summed E-state index contributed by atoms with van der Waals surface area (Å²) in [6.45, 7) is 2.02. The van der Waals surface area contributed by atoms with Crippen LogP contribution < -0.4 is 14.8 Å². The van der Waals surface area contributed by atoms with Crippen molar-refractivity contribution in [1.82, 2.24) is 5.32 Å². The third-order valence-corrected chi connectivity index (χ3v) is 3.56. The summed E-state index contributed by atoms with van der Waals surface area (Å²) in [5.41, 5.74) is 0.732. The van der Waals surface area contributed by atoms with Gasteiger partial charge in [-0.25, -0.2) is 0 Å². The van der Waals surface area contributed by atoms with E-state index in [1.54, 1.807) is 20.3 Å². The molecule has 2 rings (SSSR count). The second-order valence-corrected chi connectivity index (χ2v) is 4.95. The molecular formula is C15H23NO4. The minimum absolute atomic E-state index is 0.315. The average molecular weight is 281 g/mol. The molecule has 0 aromatic heterocycles. The Balaban J connectivity index is 1.98. The first-order valence-electron chi connectivity index (χ1n) is 6.95. The lowest BCUT2D eigenvalue weighted by molar-refractivity contribution is 0.0637. The molecule has 0 aliphatic carbocycles. The van der Waals surface area contributed by atoms with Crippen LogP contribution in [0.5, 0.6) is 11.5 Å². The zero-order valence-electron chi connectivity index (χ0n) is 12.1. The minimum Gasteiger partial charge on any atom is -0.497 e. The Kier molecular flexibility index (Phi) is 5.64. The number of benzene rings is 1. The van der Waals surface area contributed by atoms with Gasteiger partial charge in [0.05, 0.1) is 26.9 Å². The fourth-order valence-corrected chi connectivity index (χ4v) is 2.39. The van der Waals surface area contributed by atoms with E-state index in [1.165, 1.54) is 0 Å². The maximum absolute atomic E-state index is 10.3. The van der Waals surface area contributed by atoms with Crippen LogP contribution >= 0.6 is 0 Å². The summed E-state index contributed by atoms with van der Waals surface area (Å²) in [5.74, 6) is 1.38. The molecule has 1 heterocycles. The van der Waals surface area contributed by atoms with Crippen molar-refractivity contribution in [3.8, 4) is 11.5 Å². The van der Waals surface area contributed by atoms with Crippen molar-refractivity contribution < 1.29 is 19.3 Å². The SMILES string of the molecule is COc1ccc(OC)c(C(O)CNC2CCCOC2)c1. The third kappa shape index (κ3) is 3.85. The van der Waals surface area contributed by atoms with Crippen LogP contribution in [0.25, 0.3) is 0 Å². The van der Waals surface area contributed by atoms with Crippen molar-refractivity contribution in [3.63, 3.8) is 0 Å². The Bertz CT molecular complexity index is 418. The van der Waals surface area contributed by atoms with Crippen molar-refractivity contribution in [1.29, 1.82) is 0 Å². The van der Waals surface area contributed by atoms with E-state index in [0.29, 0.717) is 30.7 Å². The Morgan fingerprint density at radius 1 is 1.40 bits per heavy atom. The minimum atomic E-state index is -0.637. The molecule has 1 aromatic rings. The largest absolute Gasteiger partial charge is 0.497 e. The van der Waals surface area contributed by atoms with Crippen LogP contribution in [0.3, 0.4) is 0 Å². The van der Waals surface area contributed by atoms with Crippen molar-refractivity contribution in [2.24, 2.45) is 0 Å². The quantitative estimate of drug-likeness (QED) is 0.827. The number of aliphatic hydroxyl groups excluding tert-OH is 1. The van der Waals surface area contributed by atoms with E-state index in [1.807, 2.05) is 12.1 Å². The topological polar surface area (TPSA) is 60.0 Å². The van der Waals surface area contributed by atoms with Gasteiger partial charge in [0.2, 0.25) is 0 Å². The van der Waals surface area contributed by atoms with Gasteiger partial charge in [-0.3, -0.25) is 0 Å². The molecule has 1 aliphatic heterocycles. The number of ether oxygens (including phenoxy) is 3. The predicted molar refractivity (Wildman–Crippen MR) is 76.3 cm³/mol. The lowest BCUT2D eigenvalue weighted by atomic mass is 10.1. The summed E-state index contributed by atoms with van der Waals surface area (Å²) in [7, 11) is 3.20. The number of nitrogens with one attached hydrogen (secondary N) is 1. The van der Waals surface area contributed by atoms with Crippen LogP contribution in [0, 0.1) is 0 Å². The molecule has 0 spiro atoms. The lowest BCUT2D eigenvalue weighted by Gasteiger charge is -2.25. The molecule has 0 radical (unpaired) electrons.